The zero-order chi connectivity index (χ0) is 28.0. The molecule has 11 heteroatoms. The number of aromatic nitrogens is 5. The minimum atomic E-state index is -4.50. The minimum absolute atomic E-state index is 0.237. The van der Waals surface area contributed by atoms with Crippen LogP contribution in [0, 0.1) is 11.3 Å². The van der Waals surface area contributed by atoms with Gasteiger partial charge in [0.25, 0.3) is 0 Å². The molecule has 1 aromatic carbocycles. The molecule has 2 aliphatic carbocycles. The highest BCUT2D eigenvalue weighted by Crippen LogP contribution is 2.47. The summed E-state index contributed by atoms with van der Waals surface area (Å²) in [7, 11) is 3.10. The number of hydrogen-bond donors (Lipinski definition) is 1. The Bertz CT molecular complexity index is 1630. The van der Waals surface area contributed by atoms with Crippen LogP contribution in [0.4, 0.5) is 18.9 Å². The van der Waals surface area contributed by atoms with Crippen LogP contribution >= 0.6 is 0 Å². The van der Waals surface area contributed by atoms with Crippen LogP contribution in [0.5, 0.6) is 5.88 Å². The molecular formula is C29H26F3N7O. The lowest BCUT2D eigenvalue weighted by molar-refractivity contribution is -0.140. The summed E-state index contributed by atoms with van der Waals surface area (Å²) in [5.74, 6) is 0.943. The van der Waals surface area contributed by atoms with Gasteiger partial charge in [0, 0.05) is 37.0 Å². The quantitative estimate of drug-likeness (QED) is 0.312. The average molecular weight is 546 g/mol. The van der Waals surface area contributed by atoms with Gasteiger partial charge >= 0.3 is 6.18 Å². The van der Waals surface area contributed by atoms with Crippen molar-refractivity contribution in [2.45, 2.75) is 50.7 Å². The molecule has 0 spiro atoms. The van der Waals surface area contributed by atoms with E-state index in [9.17, 15) is 18.4 Å². The van der Waals surface area contributed by atoms with Gasteiger partial charge in [-0.3, -0.25) is 4.98 Å². The molecule has 0 bridgehead atoms. The first-order valence-corrected chi connectivity index (χ1v) is 13.1. The highest BCUT2D eigenvalue weighted by molar-refractivity contribution is 5.81. The molecule has 0 atom stereocenters. The van der Waals surface area contributed by atoms with Gasteiger partial charge in [-0.05, 0) is 43.2 Å². The summed E-state index contributed by atoms with van der Waals surface area (Å²) < 4.78 is 46.3. The lowest BCUT2D eigenvalue weighted by atomic mass is 9.98. The fraction of sp³-hybridized carbons (Fsp3) is 0.345. The maximum atomic E-state index is 13.1. The summed E-state index contributed by atoms with van der Waals surface area (Å²) in [5.41, 5.74) is 5.80. The summed E-state index contributed by atoms with van der Waals surface area (Å²) in [4.78, 5) is 17.6. The number of benzene rings is 1. The number of nitriles is 1. The van der Waals surface area contributed by atoms with E-state index in [-0.39, 0.29) is 5.82 Å². The van der Waals surface area contributed by atoms with Gasteiger partial charge in [-0.15, -0.1) is 0 Å². The van der Waals surface area contributed by atoms with Crippen LogP contribution in [0.1, 0.15) is 59.0 Å². The number of imidazole rings is 1. The first-order chi connectivity index (χ1) is 19.3. The van der Waals surface area contributed by atoms with Gasteiger partial charge in [0.05, 0.1) is 29.7 Å². The van der Waals surface area contributed by atoms with Gasteiger partial charge < -0.3 is 14.6 Å². The second kappa shape index (κ2) is 9.93. The van der Waals surface area contributed by atoms with Gasteiger partial charge in [0.15, 0.2) is 5.69 Å². The summed E-state index contributed by atoms with van der Waals surface area (Å²) in [6.45, 7) is 0.414. The molecule has 6 rings (SSSR count). The molecule has 1 N–H and O–H groups in total. The summed E-state index contributed by atoms with van der Waals surface area (Å²) in [5, 5.41) is 13.8. The molecule has 1 fully saturated rings. The fourth-order valence-corrected chi connectivity index (χ4v) is 5.32. The first-order valence-electron chi connectivity index (χ1n) is 13.1. The molecule has 0 radical (unpaired) electrons. The van der Waals surface area contributed by atoms with E-state index in [4.69, 9.17) is 9.72 Å². The molecule has 4 aromatic rings. The minimum Gasteiger partial charge on any atom is -0.480 e. The van der Waals surface area contributed by atoms with Crippen molar-refractivity contribution in [2.75, 3.05) is 12.4 Å². The van der Waals surface area contributed by atoms with Crippen LogP contribution in [-0.2, 0) is 32.6 Å². The molecular weight excluding hydrogens is 519 g/mol. The maximum absolute atomic E-state index is 13.1. The van der Waals surface area contributed by atoms with Crippen LogP contribution in [0.15, 0.2) is 36.8 Å². The van der Waals surface area contributed by atoms with Crippen molar-refractivity contribution >= 4 is 5.69 Å². The zero-order valence-electron chi connectivity index (χ0n) is 22.0. The summed E-state index contributed by atoms with van der Waals surface area (Å²) in [6, 6.07) is 9.57. The normalized spacial score (nSPS) is 14.6. The maximum Gasteiger partial charge on any atom is 0.434 e. The van der Waals surface area contributed by atoms with E-state index in [1.807, 2.05) is 12.1 Å². The lowest BCUT2D eigenvalue weighted by Crippen LogP contribution is -2.10. The average Bonchev–Trinajstić information content (AvgIpc) is 3.55. The lowest BCUT2D eigenvalue weighted by Gasteiger charge is -2.18. The van der Waals surface area contributed by atoms with E-state index in [2.05, 4.69) is 26.3 Å². The highest BCUT2D eigenvalue weighted by atomic mass is 19.4. The van der Waals surface area contributed by atoms with E-state index in [0.29, 0.717) is 40.7 Å². The number of halogens is 3. The topological polar surface area (TPSA) is 102 Å². The number of nitrogens with one attached hydrogen (secondary N) is 1. The number of aryl methyl sites for hydroxylation is 2. The molecule has 0 unspecified atom stereocenters. The molecule has 8 nitrogen and oxygen atoms in total. The summed E-state index contributed by atoms with van der Waals surface area (Å²) in [6.07, 6.45) is 2.60. The summed E-state index contributed by atoms with van der Waals surface area (Å²) >= 11 is 0. The third-order valence-electron chi connectivity index (χ3n) is 7.42. The number of pyridine rings is 1. The Kier molecular flexibility index (Phi) is 6.41. The molecule has 40 heavy (non-hydrogen) atoms. The van der Waals surface area contributed by atoms with Gasteiger partial charge in [-0.25, -0.2) is 15.0 Å². The Morgan fingerprint density at radius 1 is 1.12 bits per heavy atom. The SMILES string of the molecule is COc1ncnc(C2CC2)c1-c1nc2c(c(NCc3ccc(-c4nc(C(F)(F)F)cn4C)cc3)c1C#N)CCC2. The van der Waals surface area contributed by atoms with Crippen molar-refractivity contribution in [3.8, 4) is 34.6 Å². The van der Waals surface area contributed by atoms with E-state index >= 15 is 0 Å². The van der Waals surface area contributed by atoms with Gasteiger partial charge in [-0.2, -0.15) is 18.4 Å². The van der Waals surface area contributed by atoms with E-state index in [0.717, 1.165) is 66.5 Å². The third kappa shape index (κ3) is 4.63. The van der Waals surface area contributed by atoms with Crippen molar-refractivity contribution in [3.63, 3.8) is 0 Å². The Labute approximate surface area is 228 Å². The largest absolute Gasteiger partial charge is 0.480 e. The number of nitrogens with zero attached hydrogens (tertiary/aromatic N) is 6. The van der Waals surface area contributed by atoms with Gasteiger partial charge in [0.1, 0.15) is 23.8 Å². The molecule has 204 valence electrons. The standard InChI is InChI=1S/C29H26F3N7O/c1-39-14-22(29(30,31)32)38-27(39)18-8-6-16(7-9-18)13-34-25-19-4-3-5-21(19)37-26(20(25)12-33)23-24(17-10-11-17)35-15-36-28(23)40-2/h6-9,14-15,17H,3-5,10-11,13H2,1-2H3,(H,34,37). The van der Waals surface area contributed by atoms with Crippen molar-refractivity contribution in [2.24, 2.45) is 7.05 Å². The Hall–Kier alpha value is -4.46. The number of ether oxygens (including phenoxy) is 1. The molecule has 0 saturated heterocycles. The molecule has 0 aliphatic heterocycles. The monoisotopic (exact) mass is 545 g/mol. The van der Waals surface area contributed by atoms with Crippen molar-refractivity contribution in [3.05, 3.63) is 70.6 Å². The van der Waals surface area contributed by atoms with Crippen molar-refractivity contribution < 1.29 is 17.9 Å². The Morgan fingerprint density at radius 2 is 1.90 bits per heavy atom. The number of hydrogen-bond acceptors (Lipinski definition) is 7. The molecule has 0 amide bonds. The van der Waals surface area contributed by atoms with Gasteiger partial charge in [-0.1, -0.05) is 24.3 Å². The van der Waals surface area contributed by atoms with Crippen LogP contribution in [0.25, 0.3) is 22.6 Å². The second-order valence-electron chi connectivity index (χ2n) is 10.1. The predicted octanol–water partition coefficient (Wildman–Crippen LogP) is 5.82. The second-order valence-corrected chi connectivity index (χ2v) is 10.1. The van der Waals surface area contributed by atoms with E-state index in [1.54, 1.807) is 26.3 Å². The van der Waals surface area contributed by atoms with Crippen molar-refractivity contribution in [1.29, 1.82) is 5.26 Å². The van der Waals surface area contributed by atoms with E-state index in [1.165, 1.54) is 10.9 Å². The van der Waals surface area contributed by atoms with E-state index < -0.39 is 11.9 Å². The Morgan fingerprint density at radius 3 is 2.55 bits per heavy atom. The van der Waals surface area contributed by atoms with Crippen LogP contribution < -0.4 is 10.1 Å². The zero-order valence-corrected chi connectivity index (χ0v) is 22.0. The van der Waals surface area contributed by atoms with Crippen LogP contribution in [-0.4, -0.2) is 31.6 Å². The van der Waals surface area contributed by atoms with Gasteiger partial charge in [0.2, 0.25) is 5.88 Å². The molecule has 1 saturated carbocycles. The number of alkyl halides is 3. The third-order valence-corrected chi connectivity index (χ3v) is 7.42. The number of anilines is 1. The predicted molar refractivity (Wildman–Crippen MR) is 142 cm³/mol. The first kappa shape index (κ1) is 25.8. The smallest absolute Gasteiger partial charge is 0.434 e. The number of rotatable bonds is 7. The number of methoxy groups -OCH3 is 1. The van der Waals surface area contributed by atoms with Crippen molar-refractivity contribution in [1.82, 2.24) is 24.5 Å². The highest BCUT2D eigenvalue weighted by Gasteiger charge is 2.35. The fourth-order valence-electron chi connectivity index (χ4n) is 5.32. The van der Waals surface area contributed by atoms with Crippen LogP contribution in [0.3, 0.4) is 0 Å². The molecule has 2 aliphatic rings. The molecule has 3 heterocycles. The Balaban J connectivity index is 1.33. The molecule has 3 aromatic heterocycles. The van der Waals surface area contributed by atoms with Crippen LogP contribution in [0.2, 0.25) is 0 Å². The number of fused-ring (bicyclic) bond motifs is 1.